The molecule has 1 amide bonds. The number of hydrogen-bond acceptors (Lipinski definition) is 7. The SMILES string of the molecule is CCC(=O)N1CCN(c2ccc(N3C(C(C)=O)=NN(c4ccc(Cl)cc4)C3c3ccccc3OC)cc2)CC1. The van der Waals surface area contributed by atoms with Crippen molar-refractivity contribution in [1.82, 2.24) is 4.90 Å². The molecule has 5 rings (SSSR count). The van der Waals surface area contributed by atoms with Gasteiger partial charge in [0.1, 0.15) is 5.75 Å². The summed E-state index contributed by atoms with van der Waals surface area (Å²) in [4.78, 5) is 31.2. The molecule has 3 aromatic carbocycles. The first-order valence-electron chi connectivity index (χ1n) is 13.1. The fraction of sp³-hybridized carbons (Fsp3) is 0.300. The maximum Gasteiger partial charge on any atom is 0.222 e. The van der Waals surface area contributed by atoms with E-state index in [9.17, 15) is 9.59 Å². The van der Waals surface area contributed by atoms with Crippen LogP contribution in [-0.2, 0) is 9.59 Å². The fourth-order valence-electron chi connectivity index (χ4n) is 5.14. The second-order valence-corrected chi connectivity index (χ2v) is 9.96. The van der Waals surface area contributed by atoms with E-state index in [1.807, 2.05) is 82.4 Å². The number of Topliss-reactive ketones (excluding diaryl/α,β-unsaturated/α-hetero) is 1. The standard InChI is InChI=1S/C30H32ClN5O3/c1-4-28(38)34-19-17-33(18-20-34)23-13-15-24(16-14-23)35-29(21(2)37)32-36(25-11-9-22(31)10-12-25)30(35)26-7-5-6-8-27(26)39-3/h5-16,30H,4,17-20H2,1-3H3. The van der Waals surface area contributed by atoms with Crippen LogP contribution in [0.15, 0.2) is 77.9 Å². The summed E-state index contributed by atoms with van der Waals surface area (Å²) in [5.41, 5.74) is 3.58. The third-order valence-corrected chi connectivity index (χ3v) is 7.41. The van der Waals surface area contributed by atoms with E-state index in [1.54, 1.807) is 7.11 Å². The van der Waals surface area contributed by atoms with Crippen LogP contribution in [-0.4, -0.2) is 55.7 Å². The Morgan fingerprint density at radius 2 is 1.51 bits per heavy atom. The highest BCUT2D eigenvalue weighted by Gasteiger charge is 2.40. The van der Waals surface area contributed by atoms with E-state index in [-0.39, 0.29) is 11.7 Å². The number of hydrogen-bond donors (Lipinski definition) is 0. The maximum absolute atomic E-state index is 12.9. The molecule has 3 aromatic rings. The van der Waals surface area contributed by atoms with Gasteiger partial charge in [-0.05, 0) is 54.6 Å². The van der Waals surface area contributed by atoms with Crippen LogP contribution in [0.2, 0.25) is 5.02 Å². The first kappa shape index (κ1) is 26.6. The molecule has 0 aliphatic carbocycles. The molecule has 202 valence electrons. The van der Waals surface area contributed by atoms with Crippen LogP contribution in [0.1, 0.15) is 32.0 Å². The zero-order valence-electron chi connectivity index (χ0n) is 22.4. The van der Waals surface area contributed by atoms with Gasteiger partial charge in [0.15, 0.2) is 17.8 Å². The zero-order valence-corrected chi connectivity index (χ0v) is 23.1. The van der Waals surface area contributed by atoms with Crippen LogP contribution in [0.3, 0.4) is 0 Å². The van der Waals surface area contributed by atoms with Crippen molar-refractivity contribution in [3.05, 3.63) is 83.4 Å². The summed E-state index contributed by atoms with van der Waals surface area (Å²) in [5.74, 6) is 1.08. The molecule has 1 atom stereocenters. The van der Waals surface area contributed by atoms with Crippen molar-refractivity contribution >= 4 is 46.2 Å². The third-order valence-electron chi connectivity index (χ3n) is 7.16. The van der Waals surface area contributed by atoms with Crippen LogP contribution >= 0.6 is 11.6 Å². The predicted molar refractivity (Wildman–Crippen MR) is 156 cm³/mol. The maximum atomic E-state index is 12.9. The molecule has 1 fully saturated rings. The van der Waals surface area contributed by atoms with Gasteiger partial charge in [-0.25, -0.2) is 5.01 Å². The minimum absolute atomic E-state index is 0.146. The minimum Gasteiger partial charge on any atom is -0.496 e. The minimum atomic E-state index is -0.462. The number of methoxy groups -OCH3 is 1. The Kier molecular flexibility index (Phi) is 7.74. The molecular weight excluding hydrogens is 514 g/mol. The third kappa shape index (κ3) is 5.29. The van der Waals surface area contributed by atoms with Gasteiger partial charge in [-0.3, -0.25) is 14.5 Å². The number of para-hydroxylation sites is 1. The Balaban J connectivity index is 1.51. The number of carbonyl (C=O) groups is 2. The lowest BCUT2D eigenvalue weighted by Crippen LogP contribution is -2.48. The number of carbonyl (C=O) groups excluding carboxylic acids is 2. The summed E-state index contributed by atoms with van der Waals surface area (Å²) in [6, 6.07) is 23.3. The van der Waals surface area contributed by atoms with Gasteiger partial charge >= 0.3 is 0 Å². The molecule has 2 aliphatic rings. The van der Waals surface area contributed by atoms with E-state index in [0.29, 0.717) is 36.1 Å². The smallest absolute Gasteiger partial charge is 0.222 e. The van der Waals surface area contributed by atoms with Gasteiger partial charge in [-0.15, -0.1) is 5.10 Å². The van der Waals surface area contributed by atoms with Gasteiger partial charge in [0.25, 0.3) is 0 Å². The average Bonchev–Trinajstić information content (AvgIpc) is 3.38. The molecule has 9 heteroatoms. The monoisotopic (exact) mass is 545 g/mol. The summed E-state index contributed by atoms with van der Waals surface area (Å²) < 4.78 is 5.73. The fourth-order valence-corrected chi connectivity index (χ4v) is 5.26. The van der Waals surface area contributed by atoms with Crippen molar-refractivity contribution in [3.8, 4) is 5.75 Å². The Morgan fingerprint density at radius 3 is 2.13 bits per heavy atom. The normalized spacial score (nSPS) is 17.3. The molecule has 0 aromatic heterocycles. The highest BCUT2D eigenvalue weighted by molar-refractivity contribution is 6.44. The first-order chi connectivity index (χ1) is 18.9. The topological polar surface area (TPSA) is 68.7 Å². The molecule has 2 aliphatic heterocycles. The molecule has 0 bridgehead atoms. The highest BCUT2D eigenvalue weighted by Crippen LogP contribution is 2.42. The molecule has 2 heterocycles. The number of ketones is 1. The van der Waals surface area contributed by atoms with Gasteiger partial charge in [0.05, 0.1) is 12.8 Å². The van der Waals surface area contributed by atoms with Crippen LogP contribution < -0.4 is 19.5 Å². The number of amidine groups is 1. The predicted octanol–water partition coefficient (Wildman–Crippen LogP) is 5.34. The second-order valence-electron chi connectivity index (χ2n) is 9.52. The lowest BCUT2D eigenvalue weighted by atomic mass is 10.1. The Bertz CT molecular complexity index is 1370. The van der Waals surface area contributed by atoms with Crippen molar-refractivity contribution < 1.29 is 14.3 Å². The Morgan fingerprint density at radius 1 is 0.897 bits per heavy atom. The molecule has 1 unspecified atom stereocenters. The first-order valence-corrected chi connectivity index (χ1v) is 13.5. The number of anilines is 3. The molecule has 8 nitrogen and oxygen atoms in total. The summed E-state index contributed by atoms with van der Waals surface area (Å²) >= 11 is 6.17. The van der Waals surface area contributed by atoms with E-state index in [2.05, 4.69) is 17.0 Å². The summed E-state index contributed by atoms with van der Waals surface area (Å²) in [5, 5.41) is 7.26. The largest absolute Gasteiger partial charge is 0.496 e. The lowest BCUT2D eigenvalue weighted by molar-refractivity contribution is -0.131. The van der Waals surface area contributed by atoms with E-state index in [0.717, 1.165) is 35.7 Å². The average molecular weight is 546 g/mol. The van der Waals surface area contributed by atoms with Crippen LogP contribution in [0.5, 0.6) is 5.75 Å². The number of hydrazone groups is 1. The van der Waals surface area contributed by atoms with E-state index < -0.39 is 6.17 Å². The molecular formula is C30H32ClN5O3. The van der Waals surface area contributed by atoms with Gasteiger partial charge in [0.2, 0.25) is 5.91 Å². The van der Waals surface area contributed by atoms with Crippen molar-refractivity contribution in [3.63, 3.8) is 0 Å². The van der Waals surface area contributed by atoms with Gasteiger partial charge < -0.3 is 14.5 Å². The number of rotatable bonds is 7. The van der Waals surface area contributed by atoms with Crippen LogP contribution in [0, 0.1) is 0 Å². The number of ether oxygens (including phenoxy) is 1. The molecule has 39 heavy (non-hydrogen) atoms. The Hall–Kier alpha value is -4.04. The van der Waals surface area contributed by atoms with Crippen molar-refractivity contribution in [1.29, 1.82) is 0 Å². The molecule has 0 spiro atoms. The summed E-state index contributed by atoms with van der Waals surface area (Å²) in [7, 11) is 1.64. The van der Waals surface area contributed by atoms with E-state index >= 15 is 0 Å². The number of piperazine rings is 1. The van der Waals surface area contributed by atoms with Crippen LogP contribution in [0.25, 0.3) is 0 Å². The van der Waals surface area contributed by atoms with Gasteiger partial charge in [0, 0.05) is 61.5 Å². The molecule has 0 N–H and O–H groups in total. The van der Waals surface area contributed by atoms with Gasteiger partial charge in [-0.1, -0.05) is 36.7 Å². The van der Waals surface area contributed by atoms with Crippen molar-refractivity contribution in [2.45, 2.75) is 26.4 Å². The summed E-state index contributed by atoms with van der Waals surface area (Å²) in [6.45, 7) is 6.42. The van der Waals surface area contributed by atoms with E-state index in [1.165, 1.54) is 6.92 Å². The Labute approximate surface area is 234 Å². The molecule has 0 radical (unpaired) electrons. The van der Waals surface area contributed by atoms with Crippen molar-refractivity contribution in [2.75, 3.05) is 48.1 Å². The van der Waals surface area contributed by atoms with E-state index in [4.69, 9.17) is 21.4 Å². The van der Waals surface area contributed by atoms with Crippen LogP contribution in [0.4, 0.5) is 17.1 Å². The number of halogens is 1. The quantitative estimate of drug-likeness (QED) is 0.399. The highest BCUT2D eigenvalue weighted by atomic mass is 35.5. The second kappa shape index (κ2) is 11.4. The molecule has 1 saturated heterocycles. The lowest BCUT2D eigenvalue weighted by Gasteiger charge is -2.36. The number of benzene rings is 3. The van der Waals surface area contributed by atoms with Crippen molar-refractivity contribution in [2.24, 2.45) is 5.10 Å². The number of nitrogens with zero attached hydrogens (tertiary/aromatic N) is 5. The molecule has 0 saturated carbocycles. The summed E-state index contributed by atoms with van der Waals surface area (Å²) in [6.07, 6.45) is 0.0704. The van der Waals surface area contributed by atoms with Gasteiger partial charge in [-0.2, -0.15) is 0 Å². The zero-order chi connectivity index (χ0) is 27.5. The number of amides is 1.